The second kappa shape index (κ2) is 7.49. The van der Waals surface area contributed by atoms with E-state index >= 15 is 0 Å². The van der Waals surface area contributed by atoms with Gasteiger partial charge in [-0.05, 0) is 49.1 Å². The van der Waals surface area contributed by atoms with Crippen LogP contribution in [0.25, 0.3) is 0 Å². The zero-order valence-electron chi connectivity index (χ0n) is 17.3. The van der Waals surface area contributed by atoms with E-state index in [0.717, 1.165) is 16.7 Å². The maximum atomic E-state index is 13.1. The summed E-state index contributed by atoms with van der Waals surface area (Å²) in [5.41, 5.74) is 0.776. The van der Waals surface area contributed by atoms with E-state index in [2.05, 4.69) is 5.32 Å². The van der Waals surface area contributed by atoms with E-state index in [9.17, 15) is 22.8 Å². The molecule has 0 aromatic heterocycles. The van der Waals surface area contributed by atoms with Gasteiger partial charge in [-0.25, -0.2) is 13.2 Å². The lowest BCUT2D eigenvalue weighted by molar-refractivity contribution is -0.134. The number of hydrogen-bond acceptors (Lipinski definition) is 5. The van der Waals surface area contributed by atoms with Crippen molar-refractivity contribution in [2.45, 2.75) is 30.2 Å². The third kappa shape index (κ3) is 3.69. The number of urea groups is 1. The minimum absolute atomic E-state index is 0.202. The summed E-state index contributed by atoms with van der Waals surface area (Å²) >= 11 is 0. The van der Waals surface area contributed by atoms with E-state index in [1.807, 2.05) is 6.07 Å². The first-order valence-electron chi connectivity index (χ1n) is 9.94. The normalized spacial score (nSPS) is 21.1. The molecule has 2 aromatic carbocycles. The van der Waals surface area contributed by atoms with Crippen LogP contribution in [-0.2, 0) is 31.4 Å². The number of benzene rings is 2. The minimum Gasteiger partial charge on any atom is -0.319 e. The molecule has 2 aliphatic heterocycles. The highest BCUT2D eigenvalue weighted by atomic mass is 32.2. The molecule has 1 unspecified atom stereocenters. The largest absolute Gasteiger partial charge is 0.325 e. The average Bonchev–Trinajstić information content (AvgIpc) is 2.96. The Labute approximate surface area is 180 Å². The first-order valence-corrected chi connectivity index (χ1v) is 11.8. The van der Waals surface area contributed by atoms with E-state index in [1.54, 1.807) is 43.3 Å². The van der Waals surface area contributed by atoms with Gasteiger partial charge >= 0.3 is 6.03 Å². The van der Waals surface area contributed by atoms with Crippen molar-refractivity contribution in [1.29, 1.82) is 0 Å². The van der Waals surface area contributed by atoms with E-state index in [1.165, 1.54) is 11.0 Å². The fourth-order valence-electron chi connectivity index (χ4n) is 4.09. The van der Waals surface area contributed by atoms with Crippen molar-refractivity contribution in [3.05, 3.63) is 59.7 Å². The van der Waals surface area contributed by atoms with Gasteiger partial charge in [0.25, 0.3) is 5.91 Å². The second-order valence-corrected chi connectivity index (χ2v) is 10.0. The Kier molecular flexibility index (Phi) is 5.09. The van der Waals surface area contributed by atoms with Crippen molar-refractivity contribution in [3.63, 3.8) is 0 Å². The maximum absolute atomic E-state index is 13.1. The maximum Gasteiger partial charge on any atom is 0.325 e. The third-order valence-electron chi connectivity index (χ3n) is 5.82. The summed E-state index contributed by atoms with van der Waals surface area (Å²) in [6.07, 6.45) is 2.45. The zero-order chi connectivity index (χ0) is 22.4. The number of nitrogens with zero attached hydrogens (tertiary/aromatic N) is 2. The van der Waals surface area contributed by atoms with Gasteiger partial charge in [0.2, 0.25) is 5.91 Å². The van der Waals surface area contributed by atoms with Gasteiger partial charge in [-0.3, -0.25) is 14.5 Å². The van der Waals surface area contributed by atoms with E-state index in [-0.39, 0.29) is 11.4 Å². The van der Waals surface area contributed by atoms with Gasteiger partial charge in [0.1, 0.15) is 12.1 Å². The number of sulfone groups is 1. The van der Waals surface area contributed by atoms with E-state index in [0.29, 0.717) is 30.6 Å². The lowest BCUT2D eigenvalue weighted by atomic mass is 9.92. The van der Waals surface area contributed by atoms with Crippen molar-refractivity contribution >= 4 is 33.4 Å². The Bertz CT molecular complexity index is 1180. The van der Waals surface area contributed by atoms with Crippen LogP contribution in [0.2, 0.25) is 0 Å². The first kappa shape index (κ1) is 21.0. The molecule has 31 heavy (non-hydrogen) atoms. The highest BCUT2D eigenvalue weighted by molar-refractivity contribution is 7.90. The predicted octanol–water partition coefficient (Wildman–Crippen LogP) is 1.84. The number of hydrogen-bond donors (Lipinski definition) is 1. The summed E-state index contributed by atoms with van der Waals surface area (Å²) in [7, 11) is -3.36. The summed E-state index contributed by atoms with van der Waals surface area (Å²) in [4.78, 5) is 41.3. The topological polar surface area (TPSA) is 104 Å². The van der Waals surface area contributed by atoms with Crippen LogP contribution in [0.4, 0.5) is 10.5 Å². The number of carbonyl (C=O) groups excluding carboxylic acids is 3. The molecule has 9 heteroatoms. The molecule has 2 heterocycles. The van der Waals surface area contributed by atoms with Crippen molar-refractivity contribution in [2.24, 2.45) is 0 Å². The smallest absolute Gasteiger partial charge is 0.319 e. The van der Waals surface area contributed by atoms with Crippen LogP contribution in [0.3, 0.4) is 0 Å². The van der Waals surface area contributed by atoms with E-state index in [4.69, 9.17) is 0 Å². The number of carbonyl (C=O) groups is 3. The van der Waals surface area contributed by atoms with Crippen molar-refractivity contribution in [2.75, 3.05) is 24.2 Å². The van der Waals surface area contributed by atoms with Gasteiger partial charge in [0, 0.05) is 18.5 Å². The molecule has 1 saturated heterocycles. The standard InChI is InChI=1S/C22H23N3O5S/c1-22(16-8-4-3-5-9-16)20(27)25(21(28)23-22)14-19(26)24-12-6-7-15-13-17(31(2,29)30)10-11-18(15)24/h3-5,8-11,13H,6-7,12,14H2,1-2H3,(H,23,28). The Morgan fingerprint density at radius 2 is 1.84 bits per heavy atom. The number of nitrogens with one attached hydrogen (secondary N) is 1. The molecule has 1 atom stereocenters. The van der Waals surface area contributed by atoms with Gasteiger partial charge in [0.15, 0.2) is 9.84 Å². The molecule has 0 aliphatic carbocycles. The van der Waals surface area contributed by atoms with Gasteiger partial charge in [0.05, 0.1) is 4.90 Å². The molecule has 1 fully saturated rings. The quantitative estimate of drug-likeness (QED) is 0.729. The van der Waals surface area contributed by atoms with Crippen LogP contribution >= 0.6 is 0 Å². The molecule has 2 aliphatic rings. The van der Waals surface area contributed by atoms with Crippen molar-refractivity contribution < 1.29 is 22.8 Å². The molecule has 0 saturated carbocycles. The zero-order valence-corrected chi connectivity index (χ0v) is 18.1. The Morgan fingerprint density at radius 3 is 2.52 bits per heavy atom. The molecule has 4 rings (SSSR count). The Morgan fingerprint density at radius 1 is 1.13 bits per heavy atom. The third-order valence-corrected chi connectivity index (χ3v) is 6.93. The molecule has 0 spiro atoms. The van der Waals surface area contributed by atoms with Gasteiger partial charge < -0.3 is 10.2 Å². The lowest BCUT2D eigenvalue weighted by Gasteiger charge is -2.31. The van der Waals surface area contributed by atoms with E-state index < -0.39 is 33.2 Å². The molecule has 0 radical (unpaired) electrons. The monoisotopic (exact) mass is 441 g/mol. The summed E-state index contributed by atoms with van der Waals surface area (Å²) in [6.45, 7) is 1.67. The molecule has 0 bridgehead atoms. The van der Waals surface area contributed by atoms with Crippen LogP contribution in [0.5, 0.6) is 0 Å². The molecule has 162 valence electrons. The fraction of sp³-hybridized carbons (Fsp3) is 0.318. The predicted molar refractivity (Wildman–Crippen MR) is 114 cm³/mol. The number of aryl methyl sites for hydroxylation is 1. The number of imide groups is 1. The number of rotatable bonds is 4. The van der Waals surface area contributed by atoms with Crippen molar-refractivity contribution in [3.8, 4) is 0 Å². The number of amides is 4. The van der Waals surface area contributed by atoms with Crippen molar-refractivity contribution in [1.82, 2.24) is 10.2 Å². The first-order chi connectivity index (χ1) is 14.6. The summed E-state index contributed by atoms with van der Waals surface area (Å²) in [5, 5.41) is 2.70. The number of anilines is 1. The van der Waals surface area contributed by atoms with Crippen LogP contribution in [0, 0.1) is 0 Å². The summed E-state index contributed by atoms with van der Waals surface area (Å²) in [6, 6.07) is 12.9. The Balaban J connectivity index is 1.57. The van der Waals surface area contributed by atoms with Crippen LogP contribution in [-0.4, -0.2) is 50.5 Å². The average molecular weight is 442 g/mol. The highest BCUT2D eigenvalue weighted by Crippen LogP contribution is 2.31. The minimum atomic E-state index is -3.36. The molecule has 8 nitrogen and oxygen atoms in total. The van der Waals surface area contributed by atoms with Gasteiger partial charge in [-0.2, -0.15) is 0 Å². The summed E-state index contributed by atoms with van der Waals surface area (Å²) < 4.78 is 23.7. The van der Waals surface area contributed by atoms with Gasteiger partial charge in [-0.15, -0.1) is 0 Å². The highest BCUT2D eigenvalue weighted by Gasteiger charge is 2.49. The molecule has 1 N–H and O–H groups in total. The lowest BCUT2D eigenvalue weighted by Crippen LogP contribution is -2.46. The summed E-state index contributed by atoms with van der Waals surface area (Å²) in [5.74, 6) is -0.879. The van der Waals surface area contributed by atoms with Crippen LogP contribution < -0.4 is 10.2 Å². The number of fused-ring (bicyclic) bond motifs is 1. The fourth-order valence-corrected chi connectivity index (χ4v) is 4.76. The molecule has 2 aromatic rings. The Hall–Kier alpha value is -3.20. The van der Waals surface area contributed by atoms with Gasteiger partial charge in [-0.1, -0.05) is 30.3 Å². The molecular weight excluding hydrogens is 418 g/mol. The van der Waals surface area contributed by atoms with Crippen LogP contribution in [0.15, 0.2) is 53.4 Å². The van der Waals surface area contributed by atoms with Crippen LogP contribution in [0.1, 0.15) is 24.5 Å². The SMILES string of the molecule is CC1(c2ccccc2)NC(=O)N(CC(=O)N2CCCc3cc(S(C)(=O)=O)ccc32)C1=O. The molecule has 4 amide bonds. The molecular formula is C22H23N3O5S. The second-order valence-electron chi connectivity index (χ2n) is 8.02.